The third-order valence-electron chi connectivity index (χ3n) is 5.68. The second-order valence-electron chi connectivity index (χ2n) is 8.03. The Morgan fingerprint density at radius 2 is 2.00 bits per heavy atom. The molecular formula is C24H27FN4O3. The van der Waals surface area contributed by atoms with Crippen molar-refractivity contribution < 1.29 is 18.7 Å². The third-order valence-corrected chi connectivity index (χ3v) is 5.68. The first-order valence-electron chi connectivity index (χ1n) is 10.9. The molecule has 0 bridgehead atoms. The summed E-state index contributed by atoms with van der Waals surface area (Å²) in [5.74, 6) is 0.330. The van der Waals surface area contributed by atoms with Gasteiger partial charge in [0.1, 0.15) is 17.7 Å². The number of amides is 2. The maximum absolute atomic E-state index is 14.4. The Morgan fingerprint density at radius 3 is 2.81 bits per heavy atom. The molecule has 0 spiro atoms. The molecule has 2 heterocycles. The predicted octanol–water partition coefficient (Wildman–Crippen LogP) is 2.92. The van der Waals surface area contributed by atoms with E-state index in [9.17, 15) is 14.0 Å². The lowest BCUT2D eigenvalue weighted by Gasteiger charge is -2.24. The summed E-state index contributed by atoms with van der Waals surface area (Å²) in [5.41, 5.74) is 4.85. The fourth-order valence-electron chi connectivity index (χ4n) is 3.94. The Bertz CT molecular complexity index is 1010. The van der Waals surface area contributed by atoms with Crippen molar-refractivity contribution in [3.05, 3.63) is 65.5 Å². The zero-order valence-corrected chi connectivity index (χ0v) is 17.9. The number of benzene rings is 2. The Morgan fingerprint density at radius 1 is 1.19 bits per heavy atom. The molecule has 0 saturated carbocycles. The van der Waals surface area contributed by atoms with Crippen LogP contribution in [0.5, 0.6) is 5.75 Å². The molecule has 32 heavy (non-hydrogen) atoms. The molecule has 7 nitrogen and oxygen atoms in total. The summed E-state index contributed by atoms with van der Waals surface area (Å²) in [7, 11) is 0. The van der Waals surface area contributed by atoms with E-state index in [0.29, 0.717) is 57.4 Å². The number of hydrogen-bond acceptors (Lipinski definition) is 5. The van der Waals surface area contributed by atoms with Crippen molar-refractivity contribution in [1.82, 2.24) is 15.6 Å². The molecule has 2 N–H and O–H groups in total. The Kier molecular flexibility index (Phi) is 7.11. The third kappa shape index (κ3) is 5.70. The van der Waals surface area contributed by atoms with Gasteiger partial charge >= 0.3 is 0 Å². The number of nitrogens with one attached hydrogen (secondary N) is 2. The van der Waals surface area contributed by atoms with Crippen LogP contribution in [0.1, 0.15) is 42.9 Å². The number of carbonyl (C=O) groups excluding carboxylic acids is 2. The van der Waals surface area contributed by atoms with E-state index in [4.69, 9.17) is 4.74 Å². The summed E-state index contributed by atoms with van der Waals surface area (Å²) < 4.78 is 20.6. The normalized spacial score (nSPS) is 18.6. The molecular weight excluding hydrogens is 411 g/mol. The van der Waals surface area contributed by atoms with Crippen LogP contribution in [0.25, 0.3) is 0 Å². The van der Waals surface area contributed by atoms with Crippen molar-refractivity contribution in [2.24, 2.45) is 5.10 Å². The van der Waals surface area contributed by atoms with Crippen molar-refractivity contribution in [2.75, 3.05) is 19.6 Å². The molecule has 2 aliphatic heterocycles. The minimum absolute atomic E-state index is 0.0540. The standard InChI is InChI=1S/C24H27FN4O3/c25-20-7-3-2-6-19(20)22-16-29(15-17-5-1-4-8-21(17)32-22)14-13-26-23(30)11-9-18-10-12-24(31)28-27-18/h1-8,22H,9-16H2,(H,26,30)(H,28,31)/t22-/m1/s1. The Labute approximate surface area is 186 Å². The average molecular weight is 439 g/mol. The number of hydrogen-bond donors (Lipinski definition) is 2. The fraction of sp³-hybridized carbons (Fsp3) is 0.375. The maximum atomic E-state index is 14.4. The predicted molar refractivity (Wildman–Crippen MR) is 119 cm³/mol. The summed E-state index contributed by atoms with van der Waals surface area (Å²) in [6.45, 7) is 2.27. The molecule has 2 amide bonds. The van der Waals surface area contributed by atoms with E-state index >= 15 is 0 Å². The monoisotopic (exact) mass is 438 g/mol. The minimum Gasteiger partial charge on any atom is -0.484 e. The molecule has 0 unspecified atom stereocenters. The highest BCUT2D eigenvalue weighted by Crippen LogP contribution is 2.31. The van der Waals surface area contributed by atoms with E-state index in [1.165, 1.54) is 6.07 Å². The van der Waals surface area contributed by atoms with Gasteiger partial charge in [0.25, 0.3) is 0 Å². The van der Waals surface area contributed by atoms with Crippen LogP contribution in [-0.4, -0.2) is 42.1 Å². The van der Waals surface area contributed by atoms with Crippen molar-refractivity contribution in [3.8, 4) is 5.75 Å². The van der Waals surface area contributed by atoms with Gasteiger partial charge in [-0.05, 0) is 25.0 Å². The van der Waals surface area contributed by atoms with Gasteiger partial charge in [-0.1, -0.05) is 36.4 Å². The molecule has 0 fully saturated rings. The minimum atomic E-state index is -0.435. The van der Waals surface area contributed by atoms with E-state index in [1.807, 2.05) is 30.3 Å². The summed E-state index contributed by atoms with van der Waals surface area (Å²) >= 11 is 0. The SMILES string of the molecule is O=C(CCC1=NNC(=O)CC1)NCCN1Cc2ccccc2O[C@@H](c2ccccc2F)C1. The van der Waals surface area contributed by atoms with Crippen LogP contribution >= 0.6 is 0 Å². The molecule has 0 aliphatic carbocycles. The van der Waals surface area contributed by atoms with Crippen LogP contribution in [0.2, 0.25) is 0 Å². The lowest BCUT2D eigenvalue weighted by Crippen LogP contribution is -2.36. The number of nitrogens with zero attached hydrogens (tertiary/aromatic N) is 2. The molecule has 168 valence electrons. The average Bonchev–Trinajstić information content (AvgIpc) is 2.98. The largest absolute Gasteiger partial charge is 0.484 e. The van der Waals surface area contributed by atoms with Gasteiger partial charge in [0.15, 0.2) is 0 Å². The molecule has 1 atom stereocenters. The number of para-hydroxylation sites is 1. The number of carbonyl (C=O) groups is 2. The second-order valence-corrected chi connectivity index (χ2v) is 8.03. The number of halogens is 1. The Hall–Kier alpha value is -3.26. The van der Waals surface area contributed by atoms with Gasteiger partial charge in [-0.15, -0.1) is 0 Å². The number of fused-ring (bicyclic) bond motifs is 1. The van der Waals surface area contributed by atoms with Crippen LogP contribution in [0.3, 0.4) is 0 Å². The molecule has 2 aromatic rings. The van der Waals surface area contributed by atoms with E-state index in [1.54, 1.807) is 12.1 Å². The first kappa shape index (κ1) is 22.0. The molecule has 2 aromatic carbocycles. The maximum Gasteiger partial charge on any atom is 0.240 e. The van der Waals surface area contributed by atoms with Gasteiger partial charge in [-0.2, -0.15) is 5.10 Å². The second kappa shape index (κ2) is 10.4. The number of ether oxygens (including phenoxy) is 1. The van der Waals surface area contributed by atoms with Gasteiger partial charge in [-0.3, -0.25) is 14.5 Å². The highest BCUT2D eigenvalue weighted by atomic mass is 19.1. The highest BCUT2D eigenvalue weighted by Gasteiger charge is 2.26. The van der Waals surface area contributed by atoms with E-state index in [-0.39, 0.29) is 17.6 Å². The first-order valence-corrected chi connectivity index (χ1v) is 10.9. The molecule has 8 heteroatoms. The van der Waals surface area contributed by atoms with Gasteiger partial charge < -0.3 is 10.1 Å². The lowest BCUT2D eigenvalue weighted by molar-refractivity contribution is -0.121. The smallest absolute Gasteiger partial charge is 0.240 e. The van der Waals surface area contributed by atoms with Gasteiger partial charge in [0.2, 0.25) is 11.8 Å². The van der Waals surface area contributed by atoms with E-state index in [0.717, 1.165) is 17.0 Å². The molecule has 2 aliphatic rings. The van der Waals surface area contributed by atoms with Crippen molar-refractivity contribution in [2.45, 2.75) is 38.3 Å². The van der Waals surface area contributed by atoms with Gasteiger partial charge in [0, 0.05) is 55.9 Å². The topological polar surface area (TPSA) is 83.0 Å². The summed E-state index contributed by atoms with van der Waals surface area (Å²) in [4.78, 5) is 25.6. The van der Waals surface area contributed by atoms with Crippen LogP contribution in [0.15, 0.2) is 53.6 Å². The van der Waals surface area contributed by atoms with Crippen molar-refractivity contribution in [3.63, 3.8) is 0 Å². The zero-order chi connectivity index (χ0) is 22.3. The van der Waals surface area contributed by atoms with Crippen LogP contribution in [0, 0.1) is 5.82 Å². The summed E-state index contributed by atoms with van der Waals surface area (Å²) in [5, 5.41) is 6.95. The number of rotatable bonds is 7. The molecule has 0 aromatic heterocycles. The van der Waals surface area contributed by atoms with E-state index < -0.39 is 6.10 Å². The van der Waals surface area contributed by atoms with Crippen molar-refractivity contribution in [1.29, 1.82) is 0 Å². The molecule has 0 radical (unpaired) electrons. The van der Waals surface area contributed by atoms with Crippen LogP contribution < -0.4 is 15.5 Å². The fourth-order valence-corrected chi connectivity index (χ4v) is 3.94. The van der Waals surface area contributed by atoms with Crippen LogP contribution in [0.4, 0.5) is 4.39 Å². The van der Waals surface area contributed by atoms with Gasteiger partial charge in [-0.25, -0.2) is 9.82 Å². The quantitative estimate of drug-likeness (QED) is 0.696. The highest BCUT2D eigenvalue weighted by molar-refractivity contribution is 5.94. The molecule has 0 saturated heterocycles. The van der Waals surface area contributed by atoms with Crippen molar-refractivity contribution >= 4 is 17.5 Å². The first-order chi connectivity index (χ1) is 15.6. The summed E-state index contributed by atoms with van der Waals surface area (Å²) in [6.07, 6.45) is 1.45. The Balaban J connectivity index is 1.33. The summed E-state index contributed by atoms with van der Waals surface area (Å²) in [6, 6.07) is 14.5. The van der Waals surface area contributed by atoms with Gasteiger partial charge in [0.05, 0.1) is 0 Å². The number of hydrazone groups is 1. The van der Waals surface area contributed by atoms with Crippen LogP contribution in [-0.2, 0) is 16.1 Å². The van der Waals surface area contributed by atoms with E-state index in [2.05, 4.69) is 20.7 Å². The lowest BCUT2D eigenvalue weighted by atomic mass is 10.1. The molecule has 4 rings (SSSR count). The zero-order valence-electron chi connectivity index (χ0n) is 17.9.